The molecule has 0 unspecified atom stereocenters. The highest BCUT2D eigenvalue weighted by Gasteiger charge is 2.52. The minimum Gasteiger partial charge on any atom is -0.434 e. The van der Waals surface area contributed by atoms with Gasteiger partial charge in [0.2, 0.25) is 5.91 Å². The number of likely N-dealkylation sites (N-methyl/N-ethyl adjacent to an activating group) is 1. The summed E-state index contributed by atoms with van der Waals surface area (Å²) in [5.74, 6) is 0.288. The summed E-state index contributed by atoms with van der Waals surface area (Å²) in [6, 6.07) is 3.50. The number of ether oxygens (including phenoxy) is 1. The Bertz CT molecular complexity index is 1890. The highest BCUT2D eigenvalue weighted by Crippen LogP contribution is 2.45. The molecule has 1 aromatic heterocycles. The average Bonchev–Trinajstić information content (AvgIpc) is 3.89. The van der Waals surface area contributed by atoms with Gasteiger partial charge in [0.05, 0.1) is 5.56 Å². The van der Waals surface area contributed by atoms with E-state index in [2.05, 4.69) is 25.0 Å². The lowest BCUT2D eigenvalue weighted by Gasteiger charge is -2.54. The number of piperidine rings is 1. The first-order chi connectivity index (χ1) is 26.6. The molecular formula is C39H57FN10O5S. The summed E-state index contributed by atoms with van der Waals surface area (Å²) in [6.07, 6.45) is 8.42. The van der Waals surface area contributed by atoms with Crippen molar-refractivity contribution in [2.45, 2.75) is 77.5 Å². The molecule has 5 saturated heterocycles. The number of carbonyl (C=O) groups excluding carboxylic acids is 2. The molecule has 15 nitrogen and oxygen atoms in total. The lowest BCUT2D eigenvalue weighted by molar-refractivity contribution is -0.127. The van der Waals surface area contributed by atoms with E-state index in [-0.39, 0.29) is 64.5 Å². The van der Waals surface area contributed by atoms with Crippen molar-refractivity contribution in [3.05, 3.63) is 48.1 Å². The van der Waals surface area contributed by atoms with E-state index >= 15 is 0 Å². The molecule has 306 valence electrons. The number of carbonyl (C=O) groups is 2. The Balaban J connectivity index is 0.897. The second-order valence-electron chi connectivity index (χ2n) is 17.2. The standard InChI is InChI=1S/C39H57FN10O5S/c1-27(2)50(28(3)4)38(52)33-18-30(40)9-10-34(33)55-37-36(41-26-42-43-37)46-24-39(25-46)12-16-45(17-13-39)20-29-11-15-47(21-29)56(53,54)49-23-31-19-32(49)22-48(31)35(51)8-7-14-44(5)6/h7-10,18,26-29,31-32H,11-17,19-25H2,1-6H3/b8-7+/t29-,31+,32+/m1/s1. The van der Waals surface area contributed by atoms with Gasteiger partial charge < -0.3 is 29.2 Å². The molecule has 3 atom stereocenters. The zero-order valence-electron chi connectivity index (χ0n) is 33.5. The van der Waals surface area contributed by atoms with E-state index in [9.17, 15) is 22.4 Å². The molecule has 0 N–H and O–H groups in total. The van der Waals surface area contributed by atoms with Crippen LogP contribution in [0.2, 0.25) is 0 Å². The Morgan fingerprint density at radius 3 is 2.43 bits per heavy atom. The number of fused-ring (bicyclic) bond motifs is 2. The van der Waals surface area contributed by atoms with Crippen LogP contribution in [0.5, 0.6) is 11.6 Å². The maximum atomic E-state index is 14.4. The van der Waals surface area contributed by atoms with Crippen LogP contribution in [-0.2, 0) is 15.0 Å². The minimum absolute atomic E-state index is 0.0366. The molecule has 7 rings (SSSR count). The number of nitrogens with zero attached hydrogens (tertiary/aromatic N) is 10. The molecule has 6 heterocycles. The lowest BCUT2D eigenvalue weighted by Crippen LogP contribution is -2.61. The third-order valence-electron chi connectivity index (χ3n) is 12.2. The Morgan fingerprint density at radius 1 is 1.04 bits per heavy atom. The van der Waals surface area contributed by atoms with Gasteiger partial charge in [-0.05, 0) is 105 Å². The number of piperazine rings is 1. The monoisotopic (exact) mass is 796 g/mol. The van der Waals surface area contributed by atoms with Gasteiger partial charge in [0.25, 0.3) is 22.0 Å². The third-order valence-corrected chi connectivity index (χ3v) is 14.2. The number of hydrogen-bond donors (Lipinski definition) is 0. The van der Waals surface area contributed by atoms with Crippen molar-refractivity contribution >= 4 is 27.8 Å². The number of rotatable bonds is 13. The summed E-state index contributed by atoms with van der Waals surface area (Å²) in [4.78, 5) is 41.0. The summed E-state index contributed by atoms with van der Waals surface area (Å²) < 4.78 is 51.5. The number of anilines is 1. The van der Waals surface area contributed by atoms with Crippen molar-refractivity contribution in [3.8, 4) is 11.6 Å². The Hall–Kier alpha value is -3.77. The number of hydrogen-bond acceptors (Lipinski definition) is 11. The topological polar surface area (TPSA) is 139 Å². The molecule has 5 fully saturated rings. The average molecular weight is 797 g/mol. The smallest absolute Gasteiger partial charge is 0.282 e. The number of benzene rings is 1. The van der Waals surface area contributed by atoms with Crippen molar-refractivity contribution in [2.75, 3.05) is 84.4 Å². The molecule has 2 amide bonds. The fraction of sp³-hybridized carbons (Fsp3) is 0.667. The van der Waals surface area contributed by atoms with Crippen LogP contribution >= 0.6 is 0 Å². The first-order valence-corrected chi connectivity index (χ1v) is 21.4. The van der Waals surface area contributed by atoms with Crippen LogP contribution < -0.4 is 9.64 Å². The predicted octanol–water partition coefficient (Wildman–Crippen LogP) is 2.93. The summed E-state index contributed by atoms with van der Waals surface area (Å²) in [5, 5.41) is 8.18. The van der Waals surface area contributed by atoms with Crippen molar-refractivity contribution in [1.82, 2.24) is 43.4 Å². The first-order valence-electron chi connectivity index (χ1n) is 20.0. The fourth-order valence-corrected chi connectivity index (χ4v) is 11.3. The van der Waals surface area contributed by atoms with E-state index in [0.29, 0.717) is 45.0 Å². The van der Waals surface area contributed by atoms with Gasteiger partial charge in [0.15, 0.2) is 5.82 Å². The van der Waals surface area contributed by atoms with E-state index < -0.39 is 16.0 Å². The second-order valence-corrected chi connectivity index (χ2v) is 19.1. The molecule has 1 spiro atoms. The molecule has 17 heteroatoms. The SMILES string of the molecule is CC(C)N(C(=O)c1cc(F)ccc1Oc1nncnc1N1CC2(CCN(C[C@H]3CCN(S(=O)(=O)N4C[C@@H]5C[C@H]4CN5C(=O)/C=C/CN(C)C)C3)CC2)C1)C(C)C. The van der Waals surface area contributed by atoms with Crippen LogP contribution in [0.1, 0.15) is 63.7 Å². The number of amides is 2. The van der Waals surface area contributed by atoms with Crippen LogP contribution in [-0.4, -0.2) is 167 Å². The van der Waals surface area contributed by atoms with Crippen LogP contribution in [0, 0.1) is 17.2 Å². The number of aromatic nitrogens is 3. The second kappa shape index (κ2) is 16.2. The Kier molecular flexibility index (Phi) is 11.7. The molecule has 5 aliphatic rings. The van der Waals surface area contributed by atoms with Gasteiger partial charge in [-0.15, -0.1) is 10.2 Å². The van der Waals surface area contributed by atoms with Gasteiger partial charge in [-0.2, -0.15) is 17.0 Å². The zero-order chi connectivity index (χ0) is 39.9. The van der Waals surface area contributed by atoms with Crippen LogP contribution in [0.3, 0.4) is 0 Å². The molecule has 1 aromatic carbocycles. The highest BCUT2D eigenvalue weighted by atomic mass is 32.2. The van der Waals surface area contributed by atoms with E-state index in [4.69, 9.17) is 4.74 Å². The van der Waals surface area contributed by atoms with Crippen LogP contribution in [0.15, 0.2) is 36.7 Å². The van der Waals surface area contributed by atoms with Crippen molar-refractivity contribution in [3.63, 3.8) is 0 Å². The van der Waals surface area contributed by atoms with E-state index in [0.717, 1.165) is 52.0 Å². The van der Waals surface area contributed by atoms with Gasteiger partial charge >= 0.3 is 0 Å². The first kappa shape index (κ1) is 40.4. The van der Waals surface area contributed by atoms with Gasteiger partial charge in [0, 0.05) is 88.0 Å². The molecule has 2 aromatic rings. The predicted molar refractivity (Wildman–Crippen MR) is 210 cm³/mol. The van der Waals surface area contributed by atoms with Gasteiger partial charge in [-0.25, -0.2) is 9.37 Å². The quantitative estimate of drug-likeness (QED) is 0.277. The maximum Gasteiger partial charge on any atom is 0.282 e. The fourth-order valence-electron chi connectivity index (χ4n) is 9.36. The third kappa shape index (κ3) is 8.28. The molecular weight excluding hydrogens is 740 g/mol. The van der Waals surface area contributed by atoms with Crippen molar-refractivity contribution in [2.24, 2.45) is 11.3 Å². The van der Waals surface area contributed by atoms with Gasteiger partial charge in [-0.1, -0.05) is 6.08 Å². The van der Waals surface area contributed by atoms with E-state index in [1.54, 1.807) is 19.6 Å². The van der Waals surface area contributed by atoms with Gasteiger partial charge in [0.1, 0.15) is 17.9 Å². The highest BCUT2D eigenvalue weighted by molar-refractivity contribution is 7.86. The largest absolute Gasteiger partial charge is 0.434 e. The normalized spacial score (nSPS) is 24.4. The van der Waals surface area contributed by atoms with E-state index in [1.807, 2.05) is 57.7 Å². The molecule has 0 saturated carbocycles. The Morgan fingerprint density at radius 2 is 1.77 bits per heavy atom. The zero-order valence-corrected chi connectivity index (χ0v) is 34.4. The molecule has 2 bridgehead atoms. The van der Waals surface area contributed by atoms with Gasteiger partial charge in [-0.3, -0.25) is 9.59 Å². The lowest BCUT2D eigenvalue weighted by atomic mass is 9.72. The van der Waals surface area contributed by atoms with Crippen LogP contribution in [0.25, 0.3) is 0 Å². The van der Waals surface area contributed by atoms with Crippen LogP contribution in [0.4, 0.5) is 10.2 Å². The summed E-state index contributed by atoms with van der Waals surface area (Å²) in [6.45, 7) is 14.6. The molecule has 0 radical (unpaired) electrons. The number of halogens is 1. The van der Waals surface area contributed by atoms with Crippen molar-refractivity contribution in [1.29, 1.82) is 0 Å². The summed E-state index contributed by atoms with van der Waals surface area (Å²) in [5.41, 5.74) is 0.244. The summed E-state index contributed by atoms with van der Waals surface area (Å²) in [7, 11) is 0.309. The minimum atomic E-state index is -3.59. The van der Waals surface area contributed by atoms with Crippen molar-refractivity contribution < 1.29 is 27.1 Å². The summed E-state index contributed by atoms with van der Waals surface area (Å²) >= 11 is 0. The Labute approximate surface area is 330 Å². The molecule has 56 heavy (non-hydrogen) atoms. The molecule has 5 aliphatic heterocycles. The maximum absolute atomic E-state index is 14.4. The number of likely N-dealkylation sites (tertiary alicyclic amines) is 2. The van der Waals surface area contributed by atoms with E-state index in [1.165, 1.54) is 24.5 Å². The molecule has 0 aliphatic carbocycles.